The number of para-hydroxylation sites is 1. The summed E-state index contributed by atoms with van der Waals surface area (Å²) in [6.45, 7) is 0.639. The normalized spacial score (nSPS) is 10.6. The lowest BCUT2D eigenvalue weighted by Crippen LogP contribution is -2.04. The molecule has 5 heteroatoms. The first kappa shape index (κ1) is 11.9. The van der Waals surface area contributed by atoms with Crippen molar-refractivity contribution < 1.29 is 4.74 Å². The molecular formula is C14H13N3OS. The third-order valence-corrected chi connectivity index (χ3v) is 3.67. The van der Waals surface area contributed by atoms with Gasteiger partial charge in [-0.3, -0.25) is 0 Å². The van der Waals surface area contributed by atoms with Gasteiger partial charge in [0.1, 0.15) is 5.75 Å². The van der Waals surface area contributed by atoms with Crippen molar-refractivity contribution >= 4 is 27.5 Å². The highest BCUT2D eigenvalue weighted by atomic mass is 32.1. The van der Waals surface area contributed by atoms with Gasteiger partial charge in [0.05, 0.1) is 23.5 Å². The number of nitrogens with zero attached hydrogens (tertiary/aromatic N) is 2. The fourth-order valence-corrected chi connectivity index (χ4v) is 2.57. The average Bonchev–Trinajstić information content (AvgIpc) is 2.93. The van der Waals surface area contributed by atoms with Gasteiger partial charge in [-0.1, -0.05) is 18.2 Å². The molecule has 1 aromatic carbocycles. The molecule has 0 radical (unpaired) electrons. The second kappa shape index (κ2) is 5.24. The lowest BCUT2D eigenvalue weighted by atomic mass is 10.2. The van der Waals surface area contributed by atoms with Crippen LogP contribution in [0.2, 0.25) is 0 Å². The first-order valence-electron chi connectivity index (χ1n) is 5.93. The number of nitrogens with one attached hydrogen (secondary N) is 1. The Morgan fingerprint density at radius 1 is 1.26 bits per heavy atom. The molecule has 0 bridgehead atoms. The summed E-state index contributed by atoms with van der Waals surface area (Å²) in [5.41, 5.74) is 2.06. The first-order chi connectivity index (χ1) is 9.36. The summed E-state index contributed by atoms with van der Waals surface area (Å²) >= 11 is 1.64. The Morgan fingerprint density at radius 3 is 3.05 bits per heavy atom. The molecule has 2 aromatic heterocycles. The van der Waals surface area contributed by atoms with Gasteiger partial charge in [0.2, 0.25) is 5.95 Å². The molecule has 3 aromatic rings. The van der Waals surface area contributed by atoms with E-state index in [1.54, 1.807) is 18.4 Å². The Balaban J connectivity index is 1.78. The zero-order chi connectivity index (χ0) is 13.1. The zero-order valence-electron chi connectivity index (χ0n) is 10.5. The number of rotatable bonds is 4. The Hall–Kier alpha value is -2.14. The van der Waals surface area contributed by atoms with Gasteiger partial charge in [-0.05, 0) is 17.5 Å². The first-order valence-corrected chi connectivity index (χ1v) is 6.81. The van der Waals surface area contributed by atoms with Crippen LogP contribution in [0.5, 0.6) is 5.75 Å². The van der Waals surface area contributed by atoms with E-state index >= 15 is 0 Å². The Kier molecular flexibility index (Phi) is 3.29. The van der Waals surface area contributed by atoms with E-state index in [0.29, 0.717) is 12.5 Å². The van der Waals surface area contributed by atoms with E-state index in [4.69, 9.17) is 4.74 Å². The molecule has 0 aliphatic rings. The van der Waals surface area contributed by atoms with Crippen molar-refractivity contribution in [3.63, 3.8) is 0 Å². The fourth-order valence-electron chi connectivity index (χ4n) is 1.87. The molecule has 19 heavy (non-hydrogen) atoms. The van der Waals surface area contributed by atoms with E-state index in [1.807, 2.05) is 41.9 Å². The summed E-state index contributed by atoms with van der Waals surface area (Å²) in [5, 5.41) is 5.24. The van der Waals surface area contributed by atoms with Gasteiger partial charge in [-0.15, -0.1) is 11.3 Å². The minimum Gasteiger partial charge on any atom is -0.496 e. The van der Waals surface area contributed by atoms with Gasteiger partial charge < -0.3 is 10.1 Å². The maximum absolute atomic E-state index is 5.31. The molecule has 0 spiro atoms. The van der Waals surface area contributed by atoms with Crippen molar-refractivity contribution in [2.24, 2.45) is 0 Å². The maximum Gasteiger partial charge on any atom is 0.223 e. The SMILES string of the molecule is COc1ccccc1CNc1ncc2sccc2n1. The molecule has 0 saturated carbocycles. The minimum absolute atomic E-state index is 0.636. The van der Waals surface area contributed by atoms with Crippen LogP contribution in [-0.4, -0.2) is 17.1 Å². The predicted molar refractivity (Wildman–Crippen MR) is 77.7 cm³/mol. The van der Waals surface area contributed by atoms with Crippen LogP contribution < -0.4 is 10.1 Å². The van der Waals surface area contributed by atoms with E-state index in [1.165, 1.54) is 0 Å². The number of aromatic nitrogens is 2. The smallest absolute Gasteiger partial charge is 0.223 e. The Morgan fingerprint density at radius 2 is 2.16 bits per heavy atom. The third-order valence-electron chi connectivity index (χ3n) is 2.83. The van der Waals surface area contributed by atoms with Gasteiger partial charge in [-0.25, -0.2) is 9.97 Å². The van der Waals surface area contributed by atoms with Crippen LogP contribution in [0.3, 0.4) is 0 Å². The largest absolute Gasteiger partial charge is 0.496 e. The van der Waals surface area contributed by atoms with Gasteiger partial charge in [-0.2, -0.15) is 0 Å². The molecule has 1 N–H and O–H groups in total. The minimum atomic E-state index is 0.636. The number of hydrogen-bond donors (Lipinski definition) is 1. The predicted octanol–water partition coefficient (Wildman–Crippen LogP) is 3.31. The number of ether oxygens (including phenoxy) is 1. The summed E-state index contributed by atoms with van der Waals surface area (Å²) in [6, 6.07) is 9.91. The van der Waals surface area contributed by atoms with Gasteiger partial charge in [0.25, 0.3) is 0 Å². The molecule has 0 saturated heterocycles. The summed E-state index contributed by atoms with van der Waals surface area (Å²) in [4.78, 5) is 8.75. The molecule has 0 fully saturated rings. The molecule has 0 atom stereocenters. The van der Waals surface area contributed by atoms with Crippen LogP contribution >= 0.6 is 11.3 Å². The van der Waals surface area contributed by atoms with Crippen molar-refractivity contribution in [1.82, 2.24) is 9.97 Å². The maximum atomic E-state index is 5.31. The van der Waals surface area contributed by atoms with Gasteiger partial charge in [0, 0.05) is 12.1 Å². The summed E-state index contributed by atoms with van der Waals surface area (Å²) in [6.07, 6.45) is 1.84. The molecule has 4 nitrogen and oxygen atoms in total. The zero-order valence-corrected chi connectivity index (χ0v) is 11.3. The van der Waals surface area contributed by atoms with Crippen molar-refractivity contribution in [3.05, 3.63) is 47.5 Å². The van der Waals surface area contributed by atoms with Crippen molar-refractivity contribution in [1.29, 1.82) is 0 Å². The molecule has 96 valence electrons. The lowest BCUT2D eigenvalue weighted by molar-refractivity contribution is 0.410. The number of methoxy groups -OCH3 is 1. The number of hydrogen-bond acceptors (Lipinski definition) is 5. The van der Waals surface area contributed by atoms with Gasteiger partial charge in [0.15, 0.2) is 0 Å². The van der Waals surface area contributed by atoms with Gasteiger partial charge >= 0.3 is 0 Å². The quantitative estimate of drug-likeness (QED) is 0.790. The highest BCUT2D eigenvalue weighted by molar-refractivity contribution is 7.17. The third kappa shape index (κ3) is 2.51. The van der Waals surface area contributed by atoms with Crippen molar-refractivity contribution in [3.8, 4) is 5.75 Å². The summed E-state index contributed by atoms with van der Waals surface area (Å²) in [5.74, 6) is 1.50. The van der Waals surface area contributed by atoms with Crippen molar-refractivity contribution in [2.75, 3.05) is 12.4 Å². The van der Waals surface area contributed by atoms with E-state index in [2.05, 4.69) is 15.3 Å². The molecule has 2 heterocycles. The molecule has 0 unspecified atom stereocenters. The second-order valence-corrected chi connectivity index (χ2v) is 4.98. The molecular weight excluding hydrogens is 258 g/mol. The molecule has 0 amide bonds. The summed E-state index contributed by atoms with van der Waals surface area (Å²) in [7, 11) is 1.67. The monoisotopic (exact) mass is 271 g/mol. The highest BCUT2D eigenvalue weighted by Gasteiger charge is 2.04. The Bertz CT molecular complexity index is 696. The second-order valence-electron chi connectivity index (χ2n) is 4.03. The van der Waals surface area contributed by atoms with E-state index in [9.17, 15) is 0 Å². The van der Waals surface area contributed by atoms with E-state index in [-0.39, 0.29) is 0 Å². The van der Waals surface area contributed by atoms with Crippen molar-refractivity contribution in [2.45, 2.75) is 6.54 Å². The van der Waals surface area contributed by atoms with E-state index < -0.39 is 0 Å². The number of fused-ring (bicyclic) bond motifs is 1. The molecule has 0 aliphatic heterocycles. The van der Waals surface area contributed by atoms with Crippen LogP contribution in [0.25, 0.3) is 10.2 Å². The van der Waals surface area contributed by atoms with Crippen LogP contribution in [0.15, 0.2) is 41.9 Å². The molecule has 3 rings (SSSR count). The number of anilines is 1. The van der Waals surface area contributed by atoms with Crippen LogP contribution in [0.4, 0.5) is 5.95 Å². The van der Waals surface area contributed by atoms with Crippen LogP contribution in [0.1, 0.15) is 5.56 Å². The summed E-state index contributed by atoms with van der Waals surface area (Å²) < 4.78 is 6.41. The van der Waals surface area contributed by atoms with Crippen LogP contribution in [-0.2, 0) is 6.54 Å². The number of benzene rings is 1. The number of thiophene rings is 1. The standard InChI is InChI=1S/C14H13N3OS/c1-18-12-5-3-2-4-10(12)8-15-14-16-9-13-11(17-14)6-7-19-13/h2-7,9H,8H2,1H3,(H,15,16,17). The molecule has 0 aliphatic carbocycles. The highest BCUT2D eigenvalue weighted by Crippen LogP contribution is 2.20. The lowest BCUT2D eigenvalue weighted by Gasteiger charge is -2.09. The van der Waals surface area contributed by atoms with E-state index in [0.717, 1.165) is 21.5 Å². The topological polar surface area (TPSA) is 47.0 Å². The Labute approximate surface area is 115 Å². The average molecular weight is 271 g/mol. The fraction of sp³-hybridized carbons (Fsp3) is 0.143. The van der Waals surface area contributed by atoms with Crippen LogP contribution in [0, 0.1) is 0 Å².